The lowest BCUT2D eigenvalue weighted by Gasteiger charge is -2.15. The van der Waals surface area contributed by atoms with Crippen molar-refractivity contribution in [2.24, 2.45) is 5.92 Å². The fraction of sp³-hybridized carbons (Fsp3) is 0.632. The highest BCUT2D eigenvalue weighted by Gasteiger charge is 2.05. The van der Waals surface area contributed by atoms with Gasteiger partial charge in [-0.3, -0.25) is 0 Å². The third kappa shape index (κ3) is 9.00. The molecule has 0 amide bonds. The van der Waals surface area contributed by atoms with E-state index in [1.807, 2.05) is 12.1 Å². The zero-order valence-corrected chi connectivity index (χ0v) is 17.6. The molecular weight excluding hydrogens is 384 g/mol. The zero-order valence-electron chi connectivity index (χ0n) is 15.2. The highest BCUT2D eigenvalue weighted by molar-refractivity contribution is 9.10. The van der Waals surface area contributed by atoms with Crippen molar-refractivity contribution in [1.29, 1.82) is 0 Å². The standard InChI is InChI=1S/C19H31BrN2OS/c1-4-6-8-16(5-2)14-23-12-7-11-21-19(24)22-17-9-10-18(20)15(3)13-17/h9-10,13,16H,4-8,11-12,14H2,1-3H3,(H2,21,22,24). The second kappa shape index (κ2) is 12.7. The second-order valence-electron chi connectivity index (χ2n) is 6.19. The molecule has 1 aromatic carbocycles. The van der Waals surface area contributed by atoms with Gasteiger partial charge in [-0.1, -0.05) is 49.0 Å². The molecule has 0 aliphatic rings. The molecule has 1 aromatic rings. The molecule has 136 valence electrons. The Morgan fingerprint density at radius 3 is 2.75 bits per heavy atom. The summed E-state index contributed by atoms with van der Waals surface area (Å²) >= 11 is 8.82. The Balaban J connectivity index is 2.12. The SMILES string of the molecule is CCCCC(CC)COCCCNC(=S)Nc1ccc(Br)c(C)c1. The molecule has 0 radical (unpaired) electrons. The van der Waals surface area contributed by atoms with Crippen LogP contribution in [0.5, 0.6) is 0 Å². The lowest BCUT2D eigenvalue weighted by atomic mass is 10.0. The van der Waals surface area contributed by atoms with E-state index in [-0.39, 0.29) is 0 Å². The number of hydrogen-bond acceptors (Lipinski definition) is 2. The molecule has 1 unspecified atom stereocenters. The van der Waals surface area contributed by atoms with Crippen molar-refractivity contribution in [2.75, 3.05) is 25.1 Å². The Morgan fingerprint density at radius 2 is 2.08 bits per heavy atom. The number of unbranched alkanes of at least 4 members (excludes halogenated alkanes) is 1. The molecule has 0 saturated carbocycles. The van der Waals surface area contributed by atoms with E-state index in [1.165, 1.54) is 31.2 Å². The van der Waals surface area contributed by atoms with Crippen molar-refractivity contribution in [3.05, 3.63) is 28.2 Å². The molecule has 0 aliphatic heterocycles. The fourth-order valence-electron chi connectivity index (χ4n) is 2.42. The quantitative estimate of drug-likeness (QED) is 0.361. The third-order valence-electron chi connectivity index (χ3n) is 4.06. The molecule has 0 fully saturated rings. The summed E-state index contributed by atoms with van der Waals surface area (Å²) in [4.78, 5) is 0. The van der Waals surface area contributed by atoms with E-state index in [4.69, 9.17) is 17.0 Å². The van der Waals surface area contributed by atoms with E-state index in [2.05, 4.69) is 53.4 Å². The molecular formula is C19H31BrN2OS. The molecule has 2 N–H and O–H groups in total. The number of halogens is 1. The van der Waals surface area contributed by atoms with Gasteiger partial charge in [0.1, 0.15) is 0 Å². The van der Waals surface area contributed by atoms with E-state index < -0.39 is 0 Å². The summed E-state index contributed by atoms with van der Waals surface area (Å²) in [7, 11) is 0. The summed E-state index contributed by atoms with van der Waals surface area (Å²) in [5, 5.41) is 7.10. The Kier molecular flexibility index (Phi) is 11.3. The number of ether oxygens (including phenoxy) is 1. The monoisotopic (exact) mass is 414 g/mol. The van der Waals surface area contributed by atoms with Crippen LogP contribution in [0.2, 0.25) is 0 Å². The van der Waals surface area contributed by atoms with Crippen molar-refractivity contribution in [1.82, 2.24) is 5.32 Å². The fourth-order valence-corrected chi connectivity index (χ4v) is 2.89. The molecule has 0 aromatic heterocycles. The average molecular weight is 415 g/mol. The Morgan fingerprint density at radius 1 is 1.29 bits per heavy atom. The van der Waals surface area contributed by atoms with Gasteiger partial charge in [0.15, 0.2) is 5.11 Å². The largest absolute Gasteiger partial charge is 0.381 e. The van der Waals surface area contributed by atoms with E-state index in [9.17, 15) is 0 Å². The predicted octanol–water partition coefficient (Wildman–Crippen LogP) is 5.67. The van der Waals surface area contributed by atoms with Gasteiger partial charge in [-0.25, -0.2) is 0 Å². The summed E-state index contributed by atoms with van der Waals surface area (Å²) in [5.74, 6) is 0.710. The van der Waals surface area contributed by atoms with Crippen LogP contribution in [0.15, 0.2) is 22.7 Å². The van der Waals surface area contributed by atoms with Crippen LogP contribution < -0.4 is 10.6 Å². The minimum atomic E-state index is 0.658. The van der Waals surface area contributed by atoms with Crippen LogP contribution >= 0.6 is 28.1 Å². The van der Waals surface area contributed by atoms with Gasteiger partial charge in [-0.15, -0.1) is 0 Å². The van der Waals surface area contributed by atoms with E-state index in [1.54, 1.807) is 0 Å². The number of benzene rings is 1. The number of rotatable bonds is 11. The van der Waals surface area contributed by atoms with Crippen LogP contribution in [0.1, 0.15) is 51.5 Å². The van der Waals surface area contributed by atoms with E-state index >= 15 is 0 Å². The Bertz CT molecular complexity index is 496. The molecule has 5 heteroatoms. The maximum Gasteiger partial charge on any atom is 0.170 e. The van der Waals surface area contributed by atoms with Crippen molar-refractivity contribution >= 4 is 38.9 Å². The summed E-state index contributed by atoms with van der Waals surface area (Å²) in [6.07, 6.45) is 6.03. The summed E-state index contributed by atoms with van der Waals surface area (Å²) < 4.78 is 6.91. The van der Waals surface area contributed by atoms with Crippen LogP contribution in [0.25, 0.3) is 0 Å². The molecule has 3 nitrogen and oxygen atoms in total. The first-order valence-electron chi connectivity index (χ1n) is 8.95. The van der Waals surface area contributed by atoms with Crippen LogP contribution in [0.3, 0.4) is 0 Å². The van der Waals surface area contributed by atoms with Crippen molar-refractivity contribution < 1.29 is 4.74 Å². The summed E-state index contributed by atoms with van der Waals surface area (Å²) in [6, 6.07) is 6.11. The lowest BCUT2D eigenvalue weighted by molar-refractivity contribution is 0.0928. The first-order valence-corrected chi connectivity index (χ1v) is 10.2. The number of anilines is 1. The topological polar surface area (TPSA) is 33.3 Å². The average Bonchev–Trinajstić information content (AvgIpc) is 2.57. The highest BCUT2D eigenvalue weighted by atomic mass is 79.9. The molecule has 1 rings (SSSR count). The second-order valence-corrected chi connectivity index (χ2v) is 7.45. The van der Waals surface area contributed by atoms with Gasteiger partial charge < -0.3 is 15.4 Å². The normalized spacial score (nSPS) is 12.0. The maximum absolute atomic E-state index is 5.80. The van der Waals surface area contributed by atoms with E-state index in [0.29, 0.717) is 11.0 Å². The van der Waals surface area contributed by atoms with Crippen molar-refractivity contribution in [2.45, 2.75) is 52.9 Å². The first kappa shape index (κ1) is 21.4. The molecule has 0 spiro atoms. The minimum Gasteiger partial charge on any atom is -0.381 e. The Hall–Kier alpha value is -0.650. The molecule has 1 atom stereocenters. The third-order valence-corrected chi connectivity index (χ3v) is 5.20. The maximum atomic E-state index is 5.80. The van der Waals surface area contributed by atoms with Crippen LogP contribution in [0.4, 0.5) is 5.69 Å². The Labute approximate surface area is 161 Å². The van der Waals surface area contributed by atoms with Crippen LogP contribution in [0, 0.1) is 12.8 Å². The zero-order chi connectivity index (χ0) is 17.8. The molecule has 0 aliphatic carbocycles. The lowest BCUT2D eigenvalue weighted by Crippen LogP contribution is -2.29. The van der Waals surface area contributed by atoms with Gasteiger partial charge in [-0.05, 0) is 61.7 Å². The number of nitrogens with one attached hydrogen (secondary N) is 2. The van der Waals surface area contributed by atoms with Gasteiger partial charge in [0.05, 0.1) is 0 Å². The van der Waals surface area contributed by atoms with Crippen molar-refractivity contribution in [3.63, 3.8) is 0 Å². The van der Waals surface area contributed by atoms with Crippen molar-refractivity contribution in [3.8, 4) is 0 Å². The van der Waals surface area contributed by atoms with Crippen LogP contribution in [-0.2, 0) is 4.74 Å². The first-order chi connectivity index (χ1) is 11.6. The number of aryl methyl sites for hydroxylation is 1. The highest BCUT2D eigenvalue weighted by Crippen LogP contribution is 2.19. The predicted molar refractivity (Wildman–Crippen MR) is 112 cm³/mol. The molecule has 24 heavy (non-hydrogen) atoms. The molecule has 0 heterocycles. The minimum absolute atomic E-state index is 0.658. The summed E-state index contributed by atoms with van der Waals surface area (Å²) in [5.41, 5.74) is 2.19. The van der Waals surface area contributed by atoms with Gasteiger partial charge in [0.25, 0.3) is 0 Å². The van der Waals surface area contributed by atoms with Gasteiger partial charge in [0, 0.05) is 29.9 Å². The van der Waals surface area contributed by atoms with Gasteiger partial charge in [0.2, 0.25) is 0 Å². The number of thiocarbonyl (C=S) groups is 1. The van der Waals surface area contributed by atoms with E-state index in [0.717, 1.165) is 36.3 Å². The number of hydrogen-bond donors (Lipinski definition) is 2. The van der Waals surface area contributed by atoms with Crippen LogP contribution in [-0.4, -0.2) is 24.9 Å². The summed E-state index contributed by atoms with van der Waals surface area (Å²) in [6.45, 7) is 9.05. The molecule has 0 bridgehead atoms. The van der Waals surface area contributed by atoms with Gasteiger partial charge >= 0.3 is 0 Å². The van der Waals surface area contributed by atoms with Gasteiger partial charge in [-0.2, -0.15) is 0 Å². The smallest absolute Gasteiger partial charge is 0.170 e. The molecule has 0 saturated heterocycles.